The standard InChI is InChI=1S/C44H84O6/c1-5-7-9-11-13-14-15-16-17-18-19-24-28-32-36-43(46)49-39-41(38-48-42(45)35-31-27-22-12-10-8-6-2)50-44(47)37-33-29-25-21-20-23-26-30-34-40(3)4/h40-41H,5-39H2,1-4H3/t41-/m0/s1. The molecule has 6 heteroatoms. The minimum Gasteiger partial charge on any atom is -0.462 e. The fourth-order valence-corrected chi connectivity index (χ4v) is 6.45. The lowest BCUT2D eigenvalue weighted by molar-refractivity contribution is -0.167. The van der Waals surface area contributed by atoms with Crippen LogP contribution in [0.25, 0.3) is 0 Å². The minimum absolute atomic E-state index is 0.0648. The summed E-state index contributed by atoms with van der Waals surface area (Å²) >= 11 is 0. The van der Waals surface area contributed by atoms with Crippen LogP contribution in [-0.2, 0) is 28.6 Å². The molecule has 0 aromatic carbocycles. The molecule has 0 aliphatic heterocycles. The van der Waals surface area contributed by atoms with E-state index >= 15 is 0 Å². The van der Waals surface area contributed by atoms with Gasteiger partial charge in [0.15, 0.2) is 6.10 Å². The molecule has 0 radical (unpaired) electrons. The third-order valence-corrected chi connectivity index (χ3v) is 9.79. The Morgan fingerprint density at radius 3 is 0.980 bits per heavy atom. The van der Waals surface area contributed by atoms with Gasteiger partial charge in [0, 0.05) is 19.3 Å². The zero-order valence-electron chi connectivity index (χ0n) is 33.9. The van der Waals surface area contributed by atoms with Crippen molar-refractivity contribution in [2.24, 2.45) is 5.92 Å². The minimum atomic E-state index is -0.758. The molecular weight excluding hydrogens is 624 g/mol. The molecule has 0 aromatic rings. The first-order valence-electron chi connectivity index (χ1n) is 21.9. The van der Waals surface area contributed by atoms with Crippen LogP contribution in [0.4, 0.5) is 0 Å². The van der Waals surface area contributed by atoms with Crippen molar-refractivity contribution in [3.8, 4) is 0 Å². The topological polar surface area (TPSA) is 78.9 Å². The number of unbranched alkanes of at least 4 members (excludes halogenated alkanes) is 26. The number of ether oxygens (including phenoxy) is 3. The predicted octanol–water partition coefficient (Wildman–Crippen LogP) is 13.6. The van der Waals surface area contributed by atoms with E-state index in [-0.39, 0.29) is 31.1 Å². The Hall–Kier alpha value is -1.59. The average Bonchev–Trinajstić information content (AvgIpc) is 3.09. The van der Waals surface area contributed by atoms with Crippen LogP contribution < -0.4 is 0 Å². The van der Waals surface area contributed by atoms with Crippen LogP contribution in [0, 0.1) is 5.92 Å². The van der Waals surface area contributed by atoms with Gasteiger partial charge in [-0.2, -0.15) is 0 Å². The summed E-state index contributed by atoms with van der Waals surface area (Å²) in [5.74, 6) is -0.0712. The summed E-state index contributed by atoms with van der Waals surface area (Å²) < 4.78 is 16.6. The van der Waals surface area contributed by atoms with Crippen molar-refractivity contribution in [2.75, 3.05) is 13.2 Å². The highest BCUT2D eigenvalue weighted by Gasteiger charge is 2.19. The second-order valence-corrected chi connectivity index (χ2v) is 15.5. The second kappa shape index (κ2) is 38.6. The Morgan fingerprint density at radius 2 is 0.660 bits per heavy atom. The van der Waals surface area contributed by atoms with E-state index < -0.39 is 6.10 Å². The van der Waals surface area contributed by atoms with Crippen molar-refractivity contribution in [1.29, 1.82) is 0 Å². The van der Waals surface area contributed by atoms with E-state index in [9.17, 15) is 14.4 Å². The van der Waals surface area contributed by atoms with Gasteiger partial charge in [-0.05, 0) is 25.2 Å². The van der Waals surface area contributed by atoms with E-state index in [1.165, 1.54) is 135 Å². The second-order valence-electron chi connectivity index (χ2n) is 15.5. The molecule has 0 spiro atoms. The largest absolute Gasteiger partial charge is 0.462 e. The quantitative estimate of drug-likeness (QED) is 0.0359. The first-order chi connectivity index (χ1) is 24.4. The summed E-state index contributed by atoms with van der Waals surface area (Å²) in [7, 11) is 0. The van der Waals surface area contributed by atoms with Crippen molar-refractivity contribution in [3.63, 3.8) is 0 Å². The molecule has 0 fully saturated rings. The normalized spacial score (nSPS) is 11.9. The zero-order chi connectivity index (χ0) is 36.8. The van der Waals surface area contributed by atoms with E-state index in [2.05, 4.69) is 27.7 Å². The molecule has 0 unspecified atom stereocenters. The lowest BCUT2D eigenvalue weighted by Crippen LogP contribution is -2.30. The first-order valence-corrected chi connectivity index (χ1v) is 21.9. The van der Waals surface area contributed by atoms with Crippen molar-refractivity contribution >= 4 is 17.9 Å². The van der Waals surface area contributed by atoms with Gasteiger partial charge in [-0.1, -0.05) is 201 Å². The molecule has 0 aliphatic rings. The Labute approximate surface area is 310 Å². The molecule has 0 amide bonds. The van der Waals surface area contributed by atoms with Crippen LogP contribution in [0.1, 0.15) is 240 Å². The summed E-state index contributed by atoms with van der Waals surface area (Å²) in [6.07, 6.45) is 36.7. The van der Waals surface area contributed by atoms with Gasteiger partial charge in [-0.15, -0.1) is 0 Å². The van der Waals surface area contributed by atoms with Gasteiger partial charge >= 0.3 is 17.9 Å². The molecule has 0 aliphatic carbocycles. The van der Waals surface area contributed by atoms with Gasteiger partial charge in [0.25, 0.3) is 0 Å². The van der Waals surface area contributed by atoms with Crippen molar-refractivity contribution in [3.05, 3.63) is 0 Å². The van der Waals surface area contributed by atoms with Gasteiger partial charge < -0.3 is 14.2 Å². The summed E-state index contributed by atoms with van der Waals surface area (Å²) in [5, 5.41) is 0. The van der Waals surface area contributed by atoms with Gasteiger partial charge in [-0.25, -0.2) is 0 Å². The van der Waals surface area contributed by atoms with Gasteiger partial charge in [-0.3, -0.25) is 14.4 Å². The fraction of sp³-hybridized carbons (Fsp3) is 0.932. The van der Waals surface area contributed by atoms with E-state index in [0.29, 0.717) is 19.3 Å². The number of carbonyl (C=O) groups is 3. The molecule has 0 bridgehead atoms. The summed E-state index contributed by atoms with van der Waals surface area (Å²) in [6, 6.07) is 0. The third-order valence-electron chi connectivity index (χ3n) is 9.79. The SMILES string of the molecule is CCCCCCCCCCCCCCCCC(=O)OC[C@H](COC(=O)CCCCCCCCC)OC(=O)CCCCCCCCCCC(C)C. The van der Waals surface area contributed by atoms with Crippen molar-refractivity contribution in [2.45, 2.75) is 246 Å². The monoisotopic (exact) mass is 709 g/mol. The smallest absolute Gasteiger partial charge is 0.306 e. The summed E-state index contributed by atoms with van der Waals surface area (Å²) in [4.78, 5) is 37.5. The molecule has 1 atom stereocenters. The van der Waals surface area contributed by atoms with Crippen molar-refractivity contribution in [1.82, 2.24) is 0 Å². The third kappa shape index (κ3) is 37.7. The molecule has 6 nitrogen and oxygen atoms in total. The van der Waals surface area contributed by atoms with Gasteiger partial charge in [0.1, 0.15) is 13.2 Å². The Kier molecular flexibility index (Phi) is 37.4. The Morgan fingerprint density at radius 1 is 0.380 bits per heavy atom. The molecule has 50 heavy (non-hydrogen) atoms. The molecule has 0 saturated heterocycles. The van der Waals surface area contributed by atoms with Crippen LogP contribution >= 0.6 is 0 Å². The summed E-state index contributed by atoms with van der Waals surface area (Å²) in [6.45, 7) is 8.91. The van der Waals surface area contributed by atoms with Crippen molar-refractivity contribution < 1.29 is 28.6 Å². The Balaban J connectivity index is 4.27. The van der Waals surface area contributed by atoms with Gasteiger partial charge in [0.2, 0.25) is 0 Å². The van der Waals surface area contributed by atoms with Gasteiger partial charge in [0.05, 0.1) is 0 Å². The van der Waals surface area contributed by atoms with E-state index in [0.717, 1.165) is 63.7 Å². The van der Waals surface area contributed by atoms with E-state index in [4.69, 9.17) is 14.2 Å². The van der Waals surface area contributed by atoms with Crippen LogP contribution in [0.2, 0.25) is 0 Å². The predicted molar refractivity (Wildman–Crippen MR) is 210 cm³/mol. The first kappa shape index (κ1) is 48.4. The molecule has 0 aromatic heterocycles. The fourth-order valence-electron chi connectivity index (χ4n) is 6.45. The summed E-state index contributed by atoms with van der Waals surface area (Å²) in [5.41, 5.74) is 0. The molecule has 0 heterocycles. The van der Waals surface area contributed by atoms with Crippen LogP contribution in [0.5, 0.6) is 0 Å². The molecular formula is C44H84O6. The molecule has 0 N–H and O–H groups in total. The average molecular weight is 709 g/mol. The van der Waals surface area contributed by atoms with Crippen LogP contribution in [-0.4, -0.2) is 37.2 Å². The maximum absolute atomic E-state index is 12.6. The lowest BCUT2D eigenvalue weighted by atomic mass is 10.0. The molecule has 296 valence electrons. The maximum atomic E-state index is 12.6. The molecule has 0 saturated carbocycles. The highest BCUT2D eigenvalue weighted by molar-refractivity contribution is 5.71. The highest BCUT2D eigenvalue weighted by atomic mass is 16.6. The highest BCUT2D eigenvalue weighted by Crippen LogP contribution is 2.16. The number of rotatable bonds is 39. The Bertz CT molecular complexity index is 751. The zero-order valence-corrected chi connectivity index (χ0v) is 33.9. The number of hydrogen-bond acceptors (Lipinski definition) is 6. The maximum Gasteiger partial charge on any atom is 0.306 e. The number of carbonyl (C=O) groups excluding carboxylic acids is 3. The number of esters is 3. The van der Waals surface area contributed by atoms with E-state index in [1.54, 1.807) is 0 Å². The van der Waals surface area contributed by atoms with E-state index in [1.807, 2.05) is 0 Å². The molecule has 0 rings (SSSR count). The van der Waals surface area contributed by atoms with Crippen LogP contribution in [0.3, 0.4) is 0 Å². The lowest BCUT2D eigenvalue weighted by Gasteiger charge is -2.18. The van der Waals surface area contributed by atoms with Crippen LogP contribution in [0.15, 0.2) is 0 Å². The number of hydrogen-bond donors (Lipinski definition) is 0.